The van der Waals surface area contributed by atoms with Crippen LogP contribution in [-0.4, -0.2) is 0 Å². The van der Waals surface area contributed by atoms with Crippen LogP contribution < -0.4 is 4.57 Å². The van der Waals surface area contributed by atoms with E-state index in [4.69, 9.17) is 0 Å². The molecule has 3 rings (SSSR count). The number of benzene rings is 1. The number of nitrogens with zero attached hydrogens (tertiary/aromatic N) is 1. The van der Waals surface area contributed by atoms with Gasteiger partial charge in [-0.25, -0.2) is 0 Å². The van der Waals surface area contributed by atoms with Crippen LogP contribution in [0.3, 0.4) is 0 Å². The molecule has 0 spiro atoms. The highest BCUT2D eigenvalue weighted by atomic mass is 32.1. The second-order valence-electron chi connectivity index (χ2n) is 7.20. The van der Waals surface area contributed by atoms with Gasteiger partial charge < -0.3 is 0 Å². The maximum Gasteiger partial charge on any atom is 0.263 e. The number of aryl methyl sites for hydroxylation is 1. The number of hydrogen-bond acceptors (Lipinski definition) is 1. The molecular weight excluding hydrogens is 310 g/mol. The molecule has 1 heterocycles. The van der Waals surface area contributed by atoms with Gasteiger partial charge in [0.15, 0.2) is 0 Å². The largest absolute Gasteiger partial charge is 0.263 e. The quantitative estimate of drug-likeness (QED) is 0.470. The van der Waals surface area contributed by atoms with Crippen molar-refractivity contribution in [3.63, 3.8) is 0 Å². The number of thiazole rings is 1. The standard InChI is InChI=1S/C22H26NS/c1-5-7-10-17-13-18(16-22(3,4)15-17)14-21-23(6-2)19-11-8-9-12-20(19)24-21/h5,7-14H,1,6,15-16H2,2-4H3/q+1. The molecule has 124 valence electrons. The van der Waals surface area contributed by atoms with E-state index in [-0.39, 0.29) is 0 Å². The molecule has 0 fully saturated rings. The summed E-state index contributed by atoms with van der Waals surface area (Å²) in [5.41, 5.74) is 4.45. The molecule has 2 aromatic rings. The SMILES string of the molecule is C=CC=CC1=CC(=Cc2sc3ccccc3[n+]2CC)CC(C)(C)C1. The maximum absolute atomic E-state index is 3.78. The molecule has 0 unspecified atom stereocenters. The highest BCUT2D eigenvalue weighted by molar-refractivity contribution is 7.18. The van der Waals surface area contributed by atoms with E-state index in [2.05, 4.69) is 74.4 Å². The summed E-state index contributed by atoms with van der Waals surface area (Å²) in [7, 11) is 0. The number of rotatable bonds is 4. The molecule has 0 amide bonds. The molecule has 24 heavy (non-hydrogen) atoms. The van der Waals surface area contributed by atoms with E-state index in [0.717, 1.165) is 19.4 Å². The first-order chi connectivity index (χ1) is 11.5. The van der Waals surface area contributed by atoms with Crippen molar-refractivity contribution < 1.29 is 4.57 Å². The fourth-order valence-corrected chi connectivity index (χ4v) is 4.75. The fraction of sp³-hybridized carbons (Fsp3) is 0.318. The zero-order valence-corrected chi connectivity index (χ0v) is 15.7. The minimum Gasteiger partial charge on any atom is -0.182 e. The Kier molecular flexibility index (Phi) is 4.86. The van der Waals surface area contributed by atoms with Crippen molar-refractivity contribution in [1.82, 2.24) is 0 Å². The first-order valence-electron chi connectivity index (χ1n) is 8.64. The van der Waals surface area contributed by atoms with E-state index in [1.807, 2.05) is 23.5 Å². The molecular formula is C22H26NS+. The molecule has 1 aromatic carbocycles. The summed E-state index contributed by atoms with van der Waals surface area (Å²) in [5.74, 6) is 0. The van der Waals surface area contributed by atoms with Crippen molar-refractivity contribution in [3.8, 4) is 0 Å². The van der Waals surface area contributed by atoms with Gasteiger partial charge in [-0.15, -0.1) is 0 Å². The first kappa shape index (κ1) is 16.9. The minimum atomic E-state index is 0.301. The lowest BCUT2D eigenvalue weighted by atomic mass is 9.75. The van der Waals surface area contributed by atoms with Crippen LogP contribution in [0.5, 0.6) is 0 Å². The molecule has 0 N–H and O–H groups in total. The van der Waals surface area contributed by atoms with E-state index in [1.165, 1.54) is 26.4 Å². The summed E-state index contributed by atoms with van der Waals surface area (Å²) in [4.78, 5) is 0. The summed E-state index contributed by atoms with van der Waals surface area (Å²) in [6.07, 6.45) is 13.1. The lowest BCUT2D eigenvalue weighted by molar-refractivity contribution is -0.665. The van der Waals surface area contributed by atoms with Crippen LogP contribution >= 0.6 is 11.3 Å². The second-order valence-corrected chi connectivity index (χ2v) is 8.27. The topological polar surface area (TPSA) is 3.88 Å². The highest BCUT2D eigenvalue weighted by Gasteiger charge is 2.26. The number of hydrogen-bond donors (Lipinski definition) is 0. The van der Waals surface area contributed by atoms with Gasteiger partial charge in [-0.05, 0) is 42.4 Å². The van der Waals surface area contributed by atoms with Crippen LogP contribution in [0.2, 0.25) is 0 Å². The fourth-order valence-electron chi connectivity index (χ4n) is 3.54. The third-order valence-electron chi connectivity index (χ3n) is 4.44. The van der Waals surface area contributed by atoms with Gasteiger partial charge in [0.25, 0.3) is 5.01 Å². The van der Waals surface area contributed by atoms with Gasteiger partial charge >= 0.3 is 0 Å². The summed E-state index contributed by atoms with van der Waals surface area (Å²) in [5, 5.41) is 1.34. The van der Waals surface area contributed by atoms with Gasteiger partial charge in [0, 0.05) is 12.1 Å². The smallest absolute Gasteiger partial charge is 0.182 e. The molecule has 0 saturated heterocycles. The van der Waals surface area contributed by atoms with Crippen LogP contribution in [0.4, 0.5) is 0 Å². The second kappa shape index (κ2) is 6.90. The Balaban J connectivity index is 2.06. The van der Waals surface area contributed by atoms with Gasteiger partial charge in [-0.1, -0.05) is 68.2 Å². The summed E-state index contributed by atoms with van der Waals surface area (Å²) < 4.78 is 3.78. The van der Waals surface area contributed by atoms with Crippen LogP contribution in [0.15, 0.2) is 66.3 Å². The van der Waals surface area contributed by atoms with Crippen LogP contribution in [0.25, 0.3) is 16.3 Å². The van der Waals surface area contributed by atoms with E-state index >= 15 is 0 Å². The Morgan fingerprint density at radius 1 is 1.25 bits per heavy atom. The van der Waals surface area contributed by atoms with Crippen molar-refractivity contribution in [2.45, 2.75) is 40.2 Å². The molecule has 1 aliphatic rings. The summed E-state index contributed by atoms with van der Waals surface area (Å²) >= 11 is 1.88. The minimum absolute atomic E-state index is 0.301. The summed E-state index contributed by atoms with van der Waals surface area (Å²) in [6, 6.07) is 8.68. The third-order valence-corrected chi connectivity index (χ3v) is 5.56. The molecule has 0 radical (unpaired) electrons. The molecule has 0 bridgehead atoms. The lowest BCUT2D eigenvalue weighted by Gasteiger charge is -2.30. The Bertz CT molecular complexity index is 846. The molecule has 0 atom stereocenters. The van der Waals surface area contributed by atoms with E-state index < -0.39 is 0 Å². The van der Waals surface area contributed by atoms with Gasteiger partial charge in [-0.3, -0.25) is 0 Å². The van der Waals surface area contributed by atoms with Crippen LogP contribution in [0.1, 0.15) is 38.6 Å². The number of para-hydroxylation sites is 1. The highest BCUT2D eigenvalue weighted by Crippen LogP contribution is 2.39. The lowest BCUT2D eigenvalue weighted by Crippen LogP contribution is -2.33. The first-order valence-corrected chi connectivity index (χ1v) is 9.46. The Morgan fingerprint density at radius 2 is 2.04 bits per heavy atom. The predicted octanol–water partition coefficient (Wildman–Crippen LogP) is 6.08. The number of fused-ring (bicyclic) bond motifs is 1. The third kappa shape index (κ3) is 3.59. The van der Waals surface area contributed by atoms with E-state index in [0.29, 0.717) is 5.41 Å². The Labute approximate surface area is 149 Å². The van der Waals surface area contributed by atoms with Crippen molar-refractivity contribution in [3.05, 3.63) is 71.3 Å². The molecule has 1 nitrogen and oxygen atoms in total. The monoisotopic (exact) mass is 336 g/mol. The van der Waals surface area contributed by atoms with Gasteiger partial charge in [0.05, 0.1) is 0 Å². The Hall–Kier alpha value is -1.93. The van der Waals surface area contributed by atoms with Gasteiger partial charge in [-0.2, -0.15) is 4.57 Å². The average Bonchev–Trinajstić information content (AvgIpc) is 2.88. The maximum atomic E-state index is 3.78. The van der Waals surface area contributed by atoms with Gasteiger partial charge in [0.2, 0.25) is 5.52 Å². The number of aromatic nitrogens is 1. The summed E-state index contributed by atoms with van der Waals surface area (Å²) in [6.45, 7) is 11.7. The van der Waals surface area contributed by atoms with Crippen LogP contribution in [0, 0.1) is 5.41 Å². The normalized spacial score (nSPS) is 19.1. The van der Waals surface area contributed by atoms with Crippen molar-refractivity contribution in [2.24, 2.45) is 5.41 Å². The molecule has 2 heteroatoms. The van der Waals surface area contributed by atoms with Crippen LogP contribution in [-0.2, 0) is 6.54 Å². The average molecular weight is 337 g/mol. The van der Waals surface area contributed by atoms with Crippen molar-refractivity contribution >= 4 is 27.6 Å². The molecule has 1 aromatic heterocycles. The predicted molar refractivity (Wildman–Crippen MR) is 106 cm³/mol. The van der Waals surface area contributed by atoms with E-state index in [1.54, 1.807) is 0 Å². The van der Waals surface area contributed by atoms with E-state index in [9.17, 15) is 0 Å². The Morgan fingerprint density at radius 3 is 2.79 bits per heavy atom. The molecule has 0 aliphatic heterocycles. The number of allylic oxidation sites excluding steroid dienone is 6. The van der Waals surface area contributed by atoms with Crippen molar-refractivity contribution in [1.29, 1.82) is 0 Å². The molecule has 1 aliphatic carbocycles. The zero-order valence-electron chi connectivity index (χ0n) is 14.9. The molecule has 0 saturated carbocycles. The van der Waals surface area contributed by atoms with Gasteiger partial charge in [0.1, 0.15) is 11.2 Å². The zero-order chi connectivity index (χ0) is 17.2. The van der Waals surface area contributed by atoms with Crippen molar-refractivity contribution in [2.75, 3.05) is 0 Å².